The highest BCUT2D eigenvalue weighted by molar-refractivity contribution is 5.63. The Bertz CT molecular complexity index is 443. The van der Waals surface area contributed by atoms with Gasteiger partial charge in [-0.05, 0) is 24.8 Å². The highest BCUT2D eigenvalue weighted by Gasteiger charge is 2.38. The number of hydrogen-bond acceptors (Lipinski definition) is 4. The van der Waals surface area contributed by atoms with Crippen LogP contribution in [0.4, 0.5) is 4.79 Å². The Balaban J connectivity index is 1.56. The fourth-order valence-corrected chi connectivity index (χ4v) is 2.51. The monoisotopic (exact) mass is 231 g/mol. The van der Waals surface area contributed by atoms with Gasteiger partial charge in [-0.2, -0.15) is 0 Å². The largest absolute Gasteiger partial charge is 0.515 e. The van der Waals surface area contributed by atoms with E-state index in [2.05, 4.69) is 17.1 Å². The molecule has 1 aromatic rings. The lowest BCUT2D eigenvalue weighted by Crippen LogP contribution is -2.24. The maximum absolute atomic E-state index is 11.5. The number of pyridine rings is 1. The second-order valence-corrected chi connectivity index (χ2v) is 4.46. The molecule has 3 unspecified atom stereocenters. The minimum Gasteiger partial charge on any atom is -0.430 e. The van der Waals surface area contributed by atoms with E-state index in [1.807, 2.05) is 0 Å². The second kappa shape index (κ2) is 4.20. The van der Waals surface area contributed by atoms with Crippen molar-refractivity contribution in [3.63, 3.8) is 0 Å². The lowest BCUT2D eigenvalue weighted by molar-refractivity contribution is 0.0464. The lowest BCUT2D eigenvalue weighted by Gasteiger charge is -2.17. The first-order chi connectivity index (χ1) is 8.31. The minimum absolute atomic E-state index is 0.0267. The predicted molar refractivity (Wildman–Crippen MR) is 60.5 cm³/mol. The normalized spacial score (nSPS) is 29.3. The fourth-order valence-electron chi connectivity index (χ4n) is 2.51. The molecule has 2 bridgehead atoms. The second-order valence-electron chi connectivity index (χ2n) is 4.46. The molecular weight excluding hydrogens is 218 g/mol. The Morgan fingerprint density at radius 3 is 2.88 bits per heavy atom. The third-order valence-corrected chi connectivity index (χ3v) is 3.29. The van der Waals surface area contributed by atoms with Crippen molar-refractivity contribution in [1.29, 1.82) is 0 Å². The average molecular weight is 231 g/mol. The Kier molecular flexibility index (Phi) is 2.55. The summed E-state index contributed by atoms with van der Waals surface area (Å²) in [6.45, 7) is 0. The van der Waals surface area contributed by atoms with Crippen LogP contribution in [-0.2, 0) is 4.74 Å². The van der Waals surface area contributed by atoms with Crippen LogP contribution < -0.4 is 4.74 Å². The van der Waals surface area contributed by atoms with Gasteiger partial charge >= 0.3 is 6.16 Å². The van der Waals surface area contributed by atoms with E-state index in [0.29, 0.717) is 11.8 Å². The van der Waals surface area contributed by atoms with Gasteiger partial charge in [0.05, 0.1) is 0 Å². The molecule has 0 radical (unpaired) electrons. The van der Waals surface area contributed by atoms with Crippen LogP contribution in [0.1, 0.15) is 12.8 Å². The van der Waals surface area contributed by atoms with Crippen LogP contribution in [0.2, 0.25) is 0 Å². The van der Waals surface area contributed by atoms with Gasteiger partial charge in [-0.25, -0.2) is 9.78 Å². The summed E-state index contributed by atoms with van der Waals surface area (Å²) < 4.78 is 10.3. The van der Waals surface area contributed by atoms with Crippen LogP contribution in [0, 0.1) is 11.8 Å². The zero-order chi connectivity index (χ0) is 11.7. The molecule has 17 heavy (non-hydrogen) atoms. The number of allylic oxidation sites excluding steroid dienone is 1. The Hall–Kier alpha value is -1.84. The van der Waals surface area contributed by atoms with E-state index < -0.39 is 6.16 Å². The summed E-state index contributed by atoms with van der Waals surface area (Å²) in [6, 6.07) is 5.15. The molecule has 4 heteroatoms. The molecule has 3 atom stereocenters. The molecule has 4 nitrogen and oxygen atoms in total. The van der Waals surface area contributed by atoms with E-state index in [1.54, 1.807) is 24.4 Å². The van der Waals surface area contributed by atoms with E-state index in [9.17, 15) is 4.79 Å². The van der Waals surface area contributed by atoms with Crippen molar-refractivity contribution < 1.29 is 14.3 Å². The first-order valence-electron chi connectivity index (χ1n) is 5.79. The van der Waals surface area contributed by atoms with E-state index >= 15 is 0 Å². The summed E-state index contributed by atoms with van der Waals surface area (Å²) in [7, 11) is 0. The first-order valence-corrected chi connectivity index (χ1v) is 5.79. The standard InChI is InChI=1S/C13H13NO3/c15-13(17-12-3-1-2-6-14-12)16-11-8-9-4-5-10(11)7-9/h1-6,9-11H,7-8H2. The maximum Gasteiger partial charge on any atom is 0.515 e. The number of carbonyl (C=O) groups is 1. The molecule has 0 amide bonds. The number of nitrogens with zero attached hydrogens (tertiary/aromatic N) is 1. The van der Waals surface area contributed by atoms with Crippen molar-refractivity contribution in [3.8, 4) is 5.88 Å². The Morgan fingerprint density at radius 1 is 1.29 bits per heavy atom. The van der Waals surface area contributed by atoms with E-state index in [1.165, 1.54) is 0 Å². The molecule has 2 aliphatic rings. The molecule has 1 heterocycles. The number of rotatable bonds is 2. The van der Waals surface area contributed by atoms with Gasteiger partial charge in [-0.15, -0.1) is 0 Å². The number of fused-ring (bicyclic) bond motifs is 2. The Labute approximate surface area is 99.3 Å². The van der Waals surface area contributed by atoms with Crippen LogP contribution in [0.25, 0.3) is 0 Å². The summed E-state index contributed by atoms with van der Waals surface area (Å²) in [4.78, 5) is 15.4. The molecule has 0 spiro atoms. The van der Waals surface area contributed by atoms with Crippen LogP contribution in [0.5, 0.6) is 5.88 Å². The fraction of sp³-hybridized carbons (Fsp3) is 0.385. The zero-order valence-corrected chi connectivity index (χ0v) is 9.28. The van der Waals surface area contributed by atoms with Gasteiger partial charge in [0.2, 0.25) is 5.88 Å². The third kappa shape index (κ3) is 2.16. The third-order valence-electron chi connectivity index (χ3n) is 3.29. The topological polar surface area (TPSA) is 48.4 Å². The van der Waals surface area contributed by atoms with Gasteiger partial charge in [-0.1, -0.05) is 18.2 Å². The summed E-state index contributed by atoms with van der Waals surface area (Å²) in [5, 5.41) is 0. The van der Waals surface area contributed by atoms with Gasteiger partial charge < -0.3 is 9.47 Å². The van der Waals surface area contributed by atoms with Crippen LogP contribution >= 0.6 is 0 Å². The quantitative estimate of drug-likeness (QED) is 0.579. The van der Waals surface area contributed by atoms with E-state index in [0.717, 1.165) is 12.8 Å². The van der Waals surface area contributed by atoms with Crippen molar-refractivity contribution in [2.75, 3.05) is 0 Å². The highest BCUT2D eigenvalue weighted by atomic mass is 16.7. The van der Waals surface area contributed by atoms with Crippen LogP contribution in [-0.4, -0.2) is 17.2 Å². The maximum atomic E-state index is 11.5. The summed E-state index contributed by atoms with van der Waals surface area (Å²) in [6.07, 6.45) is 7.24. The van der Waals surface area contributed by atoms with Crippen molar-refractivity contribution in [2.24, 2.45) is 11.8 Å². The summed E-state index contributed by atoms with van der Waals surface area (Å²) in [5.41, 5.74) is 0. The molecule has 0 saturated heterocycles. The Morgan fingerprint density at radius 2 is 2.24 bits per heavy atom. The van der Waals surface area contributed by atoms with Crippen molar-refractivity contribution in [2.45, 2.75) is 18.9 Å². The number of hydrogen-bond donors (Lipinski definition) is 0. The van der Waals surface area contributed by atoms with Gasteiger partial charge in [0, 0.05) is 18.2 Å². The molecule has 1 aromatic heterocycles. The van der Waals surface area contributed by atoms with Gasteiger partial charge in [-0.3, -0.25) is 0 Å². The number of carbonyl (C=O) groups excluding carboxylic acids is 1. The summed E-state index contributed by atoms with van der Waals surface area (Å²) >= 11 is 0. The smallest absolute Gasteiger partial charge is 0.430 e. The average Bonchev–Trinajstić information content (AvgIpc) is 2.92. The molecule has 2 aliphatic carbocycles. The van der Waals surface area contributed by atoms with Crippen molar-refractivity contribution in [1.82, 2.24) is 4.98 Å². The molecule has 0 aromatic carbocycles. The SMILES string of the molecule is O=C(Oc1ccccn1)OC1CC2C=CC1C2. The van der Waals surface area contributed by atoms with Crippen LogP contribution in [0.15, 0.2) is 36.5 Å². The van der Waals surface area contributed by atoms with E-state index in [4.69, 9.17) is 9.47 Å². The molecule has 88 valence electrons. The zero-order valence-electron chi connectivity index (χ0n) is 9.28. The molecule has 0 aliphatic heterocycles. The molecule has 1 saturated carbocycles. The van der Waals surface area contributed by atoms with Gasteiger partial charge in [0.1, 0.15) is 6.10 Å². The molecular formula is C13H13NO3. The van der Waals surface area contributed by atoms with E-state index in [-0.39, 0.29) is 12.0 Å². The van der Waals surface area contributed by atoms with Gasteiger partial charge in [0.15, 0.2) is 0 Å². The van der Waals surface area contributed by atoms with Crippen molar-refractivity contribution >= 4 is 6.16 Å². The highest BCUT2D eigenvalue weighted by Crippen LogP contribution is 2.40. The lowest BCUT2D eigenvalue weighted by atomic mass is 10.1. The molecule has 0 N–H and O–H groups in total. The van der Waals surface area contributed by atoms with Crippen LogP contribution in [0.3, 0.4) is 0 Å². The first kappa shape index (κ1) is 10.3. The predicted octanol–water partition coefficient (Wildman–Crippen LogP) is 2.56. The number of aromatic nitrogens is 1. The minimum atomic E-state index is -0.658. The molecule has 1 fully saturated rings. The van der Waals surface area contributed by atoms with Gasteiger partial charge in [0.25, 0.3) is 0 Å². The van der Waals surface area contributed by atoms with Crippen molar-refractivity contribution in [3.05, 3.63) is 36.5 Å². The number of ether oxygens (including phenoxy) is 2. The molecule has 3 rings (SSSR count). The summed E-state index contributed by atoms with van der Waals surface area (Å²) in [5.74, 6) is 1.22.